The average molecular weight is 230 g/mol. The number of nitrogens with zero attached hydrogens (tertiary/aromatic N) is 1. The Morgan fingerprint density at radius 3 is 2.82 bits per heavy atom. The fourth-order valence-electron chi connectivity index (χ4n) is 2.11. The van der Waals surface area contributed by atoms with E-state index in [1.807, 2.05) is 18.2 Å². The first kappa shape index (κ1) is 12.1. The fraction of sp³-hybridized carbons (Fsp3) is 0.500. The lowest BCUT2D eigenvalue weighted by molar-refractivity contribution is 0.00334. The van der Waals surface area contributed by atoms with E-state index in [1.165, 1.54) is 5.56 Å². The lowest BCUT2D eigenvalue weighted by Crippen LogP contribution is -2.41. The van der Waals surface area contributed by atoms with Gasteiger partial charge in [0.25, 0.3) is 0 Å². The first-order valence-electron chi connectivity index (χ1n) is 6.18. The van der Waals surface area contributed by atoms with Gasteiger partial charge in [0.15, 0.2) is 0 Å². The van der Waals surface area contributed by atoms with Crippen molar-refractivity contribution in [2.75, 3.05) is 6.61 Å². The largest absolute Gasteiger partial charge is 0.375 e. The third-order valence-electron chi connectivity index (χ3n) is 3.09. The second-order valence-corrected chi connectivity index (χ2v) is 4.38. The number of nitriles is 1. The van der Waals surface area contributed by atoms with Crippen LogP contribution < -0.4 is 5.32 Å². The summed E-state index contributed by atoms with van der Waals surface area (Å²) in [5, 5.41) is 12.4. The van der Waals surface area contributed by atoms with E-state index < -0.39 is 0 Å². The van der Waals surface area contributed by atoms with Gasteiger partial charge in [0.2, 0.25) is 0 Å². The number of rotatable bonds is 4. The van der Waals surface area contributed by atoms with Crippen LogP contribution in [0.15, 0.2) is 30.3 Å². The van der Waals surface area contributed by atoms with Crippen LogP contribution in [-0.4, -0.2) is 18.8 Å². The van der Waals surface area contributed by atoms with E-state index >= 15 is 0 Å². The van der Waals surface area contributed by atoms with Gasteiger partial charge in [0, 0.05) is 13.2 Å². The zero-order valence-corrected chi connectivity index (χ0v) is 9.93. The van der Waals surface area contributed by atoms with Gasteiger partial charge in [-0.15, -0.1) is 0 Å². The van der Waals surface area contributed by atoms with Crippen molar-refractivity contribution in [3.05, 3.63) is 35.9 Å². The highest BCUT2D eigenvalue weighted by Gasteiger charge is 2.23. The molecule has 90 valence electrons. The van der Waals surface area contributed by atoms with Crippen molar-refractivity contribution in [2.45, 2.75) is 38.0 Å². The highest BCUT2D eigenvalue weighted by molar-refractivity contribution is 5.15. The molecule has 1 aromatic carbocycles. The molecule has 3 heteroatoms. The average Bonchev–Trinajstić information content (AvgIpc) is 2.42. The summed E-state index contributed by atoms with van der Waals surface area (Å²) in [7, 11) is 0. The Hall–Kier alpha value is -1.37. The molecule has 0 aromatic heterocycles. The van der Waals surface area contributed by atoms with Crippen molar-refractivity contribution in [1.29, 1.82) is 5.26 Å². The summed E-state index contributed by atoms with van der Waals surface area (Å²) in [5.74, 6) is 0. The summed E-state index contributed by atoms with van der Waals surface area (Å²) in [5.41, 5.74) is 1.20. The van der Waals surface area contributed by atoms with E-state index in [-0.39, 0.29) is 12.1 Å². The molecule has 0 amide bonds. The van der Waals surface area contributed by atoms with Crippen LogP contribution in [0.4, 0.5) is 0 Å². The lowest BCUT2D eigenvalue weighted by atomic mass is 10.0. The third-order valence-corrected chi connectivity index (χ3v) is 3.09. The van der Waals surface area contributed by atoms with E-state index in [9.17, 15) is 0 Å². The van der Waals surface area contributed by atoms with Gasteiger partial charge < -0.3 is 4.74 Å². The number of benzene rings is 1. The number of ether oxygens (including phenoxy) is 1. The Labute approximate surface area is 102 Å². The van der Waals surface area contributed by atoms with Gasteiger partial charge in [-0.25, -0.2) is 0 Å². The SMILES string of the molecule is N#C[C@@H](NCc1ccccc1)[C@@H]1CCCCO1. The van der Waals surface area contributed by atoms with Crippen LogP contribution in [0.1, 0.15) is 24.8 Å². The maximum Gasteiger partial charge on any atom is 0.122 e. The van der Waals surface area contributed by atoms with Gasteiger partial charge in [-0.3, -0.25) is 5.32 Å². The minimum absolute atomic E-state index is 0.0532. The Morgan fingerprint density at radius 1 is 1.35 bits per heavy atom. The molecule has 1 aliphatic heterocycles. The highest BCUT2D eigenvalue weighted by Crippen LogP contribution is 2.16. The van der Waals surface area contributed by atoms with Crippen molar-refractivity contribution >= 4 is 0 Å². The molecule has 17 heavy (non-hydrogen) atoms. The van der Waals surface area contributed by atoms with Gasteiger partial charge in [-0.1, -0.05) is 30.3 Å². The van der Waals surface area contributed by atoms with E-state index in [1.54, 1.807) is 0 Å². The van der Waals surface area contributed by atoms with Crippen LogP contribution in [0.25, 0.3) is 0 Å². The van der Waals surface area contributed by atoms with Crippen molar-refractivity contribution < 1.29 is 4.74 Å². The molecule has 1 heterocycles. The zero-order chi connectivity index (χ0) is 11.9. The molecular formula is C14H18N2O. The maximum atomic E-state index is 9.16. The Balaban J connectivity index is 1.85. The summed E-state index contributed by atoms with van der Waals surface area (Å²) < 4.78 is 5.63. The van der Waals surface area contributed by atoms with Crippen LogP contribution >= 0.6 is 0 Å². The minimum Gasteiger partial charge on any atom is -0.375 e. The van der Waals surface area contributed by atoms with Crippen LogP contribution in [-0.2, 0) is 11.3 Å². The molecule has 1 aliphatic rings. The maximum absolute atomic E-state index is 9.16. The van der Waals surface area contributed by atoms with Crippen molar-refractivity contribution in [3.8, 4) is 6.07 Å². The van der Waals surface area contributed by atoms with Gasteiger partial charge in [0.05, 0.1) is 12.2 Å². The quantitative estimate of drug-likeness (QED) is 0.862. The van der Waals surface area contributed by atoms with Crippen LogP contribution in [0.5, 0.6) is 0 Å². The van der Waals surface area contributed by atoms with Crippen molar-refractivity contribution in [1.82, 2.24) is 5.32 Å². The molecule has 1 aromatic rings. The molecule has 1 saturated heterocycles. The van der Waals surface area contributed by atoms with E-state index in [4.69, 9.17) is 10.00 Å². The highest BCUT2D eigenvalue weighted by atomic mass is 16.5. The second kappa shape index (κ2) is 6.39. The lowest BCUT2D eigenvalue weighted by Gasteiger charge is -2.27. The molecule has 0 unspecified atom stereocenters. The molecule has 2 rings (SSSR count). The van der Waals surface area contributed by atoms with Gasteiger partial charge in [0.1, 0.15) is 6.04 Å². The third kappa shape index (κ3) is 3.55. The Bertz CT molecular complexity index is 366. The second-order valence-electron chi connectivity index (χ2n) is 4.38. The van der Waals surface area contributed by atoms with E-state index in [2.05, 4.69) is 23.5 Å². The van der Waals surface area contributed by atoms with Crippen LogP contribution in [0, 0.1) is 11.3 Å². The number of hydrogen-bond acceptors (Lipinski definition) is 3. The molecule has 3 nitrogen and oxygen atoms in total. The molecule has 2 atom stereocenters. The summed E-state index contributed by atoms with van der Waals surface area (Å²) in [6.07, 6.45) is 3.32. The molecule has 0 bridgehead atoms. The predicted octanol–water partition coefficient (Wildman–Crippen LogP) is 2.24. The predicted molar refractivity (Wildman–Crippen MR) is 66.3 cm³/mol. The Kier molecular flexibility index (Phi) is 4.54. The smallest absolute Gasteiger partial charge is 0.122 e. The van der Waals surface area contributed by atoms with Gasteiger partial charge >= 0.3 is 0 Å². The molecule has 1 N–H and O–H groups in total. The Morgan fingerprint density at radius 2 is 2.18 bits per heavy atom. The van der Waals surface area contributed by atoms with Gasteiger partial charge in [-0.2, -0.15) is 5.26 Å². The summed E-state index contributed by atoms with van der Waals surface area (Å²) in [6, 6.07) is 12.2. The monoisotopic (exact) mass is 230 g/mol. The number of nitrogens with one attached hydrogen (secondary N) is 1. The van der Waals surface area contributed by atoms with E-state index in [0.29, 0.717) is 0 Å². The molecular weight excluding hydrogens is 212 g/mol. The standard InChI is InChI=1S/C14H18N2O/c15-10-13(14-8-4-5-9-17-14)16-11-12-6-2-1-3-7-12/h1-3,6-7,13-14,16H,4-5,8-9,11H2/t13-,14+/m1/s1. The van der Waals surface area contributed by atoms with Crippen molar-refractivity contribution in [3.63, 3.8) is 0 Å². The van der Waals surface area contributed by atoms with Crippen LogP contribution in [0.2, 0.25) is 0 Å². The van der Waals surface area contributed by atoms with Gasteiger partial charge in [-0.05, 0) is 24.8 Å². The first-order valence-corrected chi connectivity index (χ1v) is 6.18. The molecule has 0 radical (unpaired) electrons. The zero-order valence-electron chi connectivity index (χ0n) is 9.93. The first-order chi connectivity index (χ1) is 8.40. The van der Waals surface area contributed by atoms with Crippen LogP contribution in [0.3, 0.4) is 0 Å². The normalized spacial score (nSPS) is 21.7. The number of hydrogen-bond donors (Lipinski definition) is 1. The topological polar surface area (TPSA) is 45.0 Å². The van der Waals surface area contributed by atoms with Crippen molar-refractivity contribution in [2.24, 2.45) is 0 Å². The summed E-state index contributed by atoms with van der Waals surface area (Å²) in [4.78, 5) is 0. The molecule has 0 saturated carbocycles. The summed E-state index contributed by atoms with van der Waals surface area (Å²) >= 11 is 0. The molecule has 0 aliphatic carbocycles. The summed E-state index contributed by atoms with van der Waals surface area (Å²) in [6.45, 7) is 1.51. The fourth-order valence-corrected chi connectivity index (χ4v) is 2.11. The molecule has 0 spiro atoms. The molecule has 1 fully saturated rings. The van der Waals surface area contributed by atoms with E-state index in [0.717, 1.165) is 32.4 Å². The minimum atomic E-state index is -0.199.